The Morgan fingerprint density at radius 1 is 1.67 bits per heavy atom. The zero-order chi connectivity index (χ0) is 9.14. The predicted molar refractivity (Wildman–Crippen MR) is 41.0 cm³/mol. The van der Waals surface area contributed by atoms with Gasteiger partial charge in [0.25, 0.3) is 0 Å². The van der Waals surface area contributed by atoms with Gasteiger partial charge in [-0.15, -0.1) is 0 Å². The molecule has 2 atom stereocenters. The van der Waals surface area contributed by atoms with Gasteiger partial charge in [0.1, 0.15) is 0 Å². The van der Waals surface area contributed by atoms with Gasteiger partial charge in [-0.1, -0.05) is 0 Å². The van der Waals surface area contributed by atoms with E-state index >= 15 is 0 Å². The topological polar surface area (TPSA) is 70.0 Å². The van der Waals surface area contributed by atoms with E-state index in [1.54, 1.807) is 6.92 Å². The molecule has 70 valence electrons. The first-order valence-corrected chi connectivity index (χ1v) is 3.87. The van der Waals surface area contributed by atoms with E-state index in [2.05, 4.69) is 0 Å². The molecular formula is C7H13NO4. The number of carboxylic acid groups (broad SMARTS) is 1. The van der Waals surface area contributed by atoms with Gasteiger partial charge in [0.2, 0.25) is 0 Å². The number of amides is 1. The van der Waals surface area contributed by atoms with Gasteiger partial charge < -0.3 is 19.8 Å². The van der Waals surface area contributed by atoms with Crippen LogP contribution < -0.4 is 0 Å². The van der Waals surface area contributed by atoms with Crippen LogP contribution in [0.4, 0.5) is 4.79 Å². The lowest BCUT2D eigenvalue weighted by atomic mass is 10.2. The molecule has 0 bridgehead atoms. The Morgan fingerprint density at radius 2 is 2.33 bits per heavy atom. The van der Waals surface area contributed by atoms with E-state index in [0.717, 1.165) is 0 Å². The van der Waals surface area contributed by atoms with E-state index < -0.39 is 6.09 Å². The van der Waals surface area contributed by atoms with Crippen LogP contribution in [0.25, 0.3) is 0 Å². The van der Waals surface area contributed by atoms with E-state index in [9.17, 15) is 4.79 Å². The number of hydrogen-bond donors (Lipinski definition) is 2. The number of ether oxygens (including phenoxy) is 1. The lowest BCUT2D eigenvalue weighted by molar-refractivity contribution is -0.0877. The summed E-state index contributed by atoms with van der Waals surface area (Å²) >= 11 is 0. The molecule has 2 N–H and O–H groups in total. The third-order valence-electron chi connectivity index (χ3n) is 1.80. The van der Waals surface area contributed by atoms with Gasteiger partial charge in [-0.05, 0) is 6.92 Å². The largest absolute Gasteiger partial charge is 0.465 e. The van der Waals surface area contributed by atoms with Gasteiger partial charge in [0, 0.05) is 0 Å². The molecule has 0 aliphatic carbocycles. The SMILES string of the molecule is C[C@@H]1CN(C(=O)O)C[C@@H](CO)O1. The molecule has 0 saturated carbocycles. The standard InChI is InChI=1S/C7H13NO4/c1-5-2-8(7(10)11)3-6(4-9)12-5/h5-6,9H,2-4H2,1H3,(H,10,11)/t5-,6+/m1/s1. The van der Waals surface area contributed by atoms with Gasteiger partial charge in [0.15, 0.2) is 0 Å². The summed E-state index contributed by atoms with van der Waals surface area (Å²) in [5.41, 5.74) is 0. The summed E-state index contributed by atoms with van der Waals surface area (Å²) in [6.45, 7) is 2.30. The summed E-state index contributed by atoms with van der Waals surface area (Å²) in [6, 6.07) is 0. The average molecular weight is 175 g/mol. The second-order valence-electron chi connectivity index (χ2n) is 2.94. The van der Waals surface area contributed by atoms with Gasteiger partial charge in [0.05, 0.1) is 31.9 Å². The summed E-state index contributed by atoms with van der Waals surface area (Å²) in [4.78, 5) is 11.8. The van der Waals surface area contributed by atoms with Crippen molar-refractivity contribution in [1.29, 1.82) is 0 Å². The van der Waals surface area contributed by atoms with Gasteiger partial charge in [-0.3, -0.25) is 0 Å². The third kappa shape index (κ3) is 2.09. The number of nitrogens with zero attached hydrogens (tertiary/aromatic N) is 1. The van der Waals surface area contributed by atoms with Crippen LogP contribution in [-0.2, 0) is 4.74 Å². The van der Waals surface area contributed by atoms with Crippen LogP contribution in [-0.4, -0.2) is 53.1 Å². The first kappa shape index (κ1) is 9.28. The predicted octanol–water partition coefficient (Wildman–Crippen LogP) is -0.254. The van der Waals surface area contributed by atoms with Gasteiger partial charge in [-0.25, -0.2) is 4.79 Å². The molecule has 0 radical (unpaired) electrons. The van der Waals surface area contributed by atoms with Crippen molar-refractivity contribution in [3.05, 3.63) is 0 Å². The quantitative estimate of drug-likeness (QED) is 0.576. The average Bonchev–Trinajstić information content (AvgIpc) is 2.03. The maximum atomic E-state index is 10.6. The summed E-state index contributed by atoms with van der Waals surface area (Å²) in [7, 11) is 0. The molecule has 0 aromatic rings. The smallest absolute Gasteiger partial charge is 0.407 e. The highest BCUT2D eigenvalue weighted by Gasteiger charge is 2.27. The highest BCUT2D eigenvalue weighted by atomic mass is 16.5. The normalized spacial score (nSPS) is 30.3. The van der Waals surface area contributed by atoms with Crippen molar-refractivity contribution < 1.29 is 19.7 Å². The fourth-order valence-electron chi connectivity index (χ4n) is 1.30. The van der Waals surface area contributed by atoms with E-state index in [1.807, 2.05) is 0 Å². The minimum absolute atomic E-state index is 0.131. The van der Waals surface area contributed by atoms with E-state index in [-0.39, 0.29) is 25.4 Å². The maximum Gasteiger partial charge on any atom is 0.407 e. The molecular weight excluding hydrogens is 162 g/mol. The fraction of sp³-hybridized carbons (Fsp3) is 0.857. The summed E-state index contributed by atoms with van der Waals surface area (Å²) in [5, 5.41) is 17.4. The lowest BCUT2D eigenvalue weighted by Gasteiger charge is -2.34. The molecule has 0 aromatic heterocycles. The molecule has 1 heterocycles. The Morgan fingerprint density at radius 3 is 2.83 bits per heavy atom. The highest BCUT2D eigenvalue weighted by molar-refractivity contribution is 5.65. The molecule has 1 saturated heterocycles. The number of hydrogen-bond acceptors (Lipinski definition) is 3. The minimum atomic E-state index is -0.955. The molecule has 0 spiro atoms. The van der Waals surface area contributed by atoms with Gasteiger partial charge in [-0.2, -0.15) is 0 Å². The Hall–Kier alpha value is -0.810. The first-order chi connectivity index (χ1) is 5.63. The lowest BCUT2D eigenvalue weighted by Crippen LogP contribution is -2.49. The molecule has 1 fully saturated rings. The van der Waals surface area contributed by atoms with Crippen molar-refractivity contribution in [2.24, 2.45) is 0 Å². The van der Waals surface area contributed by atoms with E-state index in [0.29, 0.717) is 6.54 Å². The van der Waals surface area contributed by atoms with Crippen LogP contribution in [0.5, 0.6) is 0 Å². The van der Waals surface area contributed by atoms with Crippen LogP contribution in [0.1, 0.15) is 6.92 Å². The molecule has 0 unspecified atom stereocenters. The molecule has 5 heteroatoms. The third-order valence-corrected chi connectivity index (χ3v) is 1.80. The molecule has 1 aliphatic rings. The van der Waals surface area contributed by atoms with Crippen molar-refractivity contribution in [3.8, 4) is 0 Å². The molecule has 0 aromatic carbocycles. The van der Waals surface area contributed by atoms with Crippen molar-refractivity contribution in [2.75, 3.05) is 19.7 Å². The van der Waals surface area contributed by atoms with Crippen LogP contribution in [0.15, 0.2) is 0 Å². The number of aliphatic hydroxyl groups excluding tert-OH is 1. The van der Waals surface area contributed by atoms with Crippen molar-refractivity contribution in [3.63, 3.8) is 0 Å². The van der Waals surface area contributed by atoms with Crippen molar-refractivity contribution in [1.82, 2.24) is 4.90 Å². The zero-order valence-electron chi connectivity index (χ0n) is 6.93. The zero-order valence-corrected chi connectivity index (χ0v) is 6.93. The number of carbonyl (C=O) groups is 1. The van der Waals surface area contributed by atoms with Crippen LogP contribution in [0.3, 0.4) is 0 Å². The van der Waals surface area contributed by atoms with E-state index in [1.165, 1.54) is 4.90 Å². The second kappa shape index (κ2) is 3.73. The van der Waals surface area contributed by atoms with Crippen molar-refractivity contribution in [2.45, 2.75) is 19.1 Å². The highest BCUT2D eigenvalue weighted by Crippen LogP contribution is 2.10. The van der Waals surface area contributed by atoms with Crippen molar-refractivity contribution >= 4 is 6.09 Å². The number of aliphatic hydroxyl groups is 1. The van der Waals surface area contributed by atoms with Gasteiger partial charge >= 0.3 is 6.09 Å². The summed E-state index contributed by atoms with van der Waals surface area (Å²) < 4.78 is 5.26. The summed E-state index contributed by atoms with van der Waals surface area (Å²) in [5.74, 6) is 0. The number of rotatable bonds is 1. The fourth-order valence-corrected chi connectivity index (χ4v) is 1.30. The van der Waals surface area contributed by atoms with Crippen LogP contribution >= 0.6 is 0 Å². The molecule has 1 aliphatic heterocycles. The Balaban J connectivity index is 2.51. The monoisotopic (exact) mass is 175 g/mol. The Kier molecular flexibility index (Phi) is 2.88. The first-order valence-electron chi connectivity index (χ1n) is 3.87. The molecule has 1 rings (SSSR count). The number of morpholine rings is 1. The molecule has 12 heavy (non-hydrogen) atoms. The Labute approximate surface area is 70.5 Å². The van der Waals surface area contributed by atoms with Crippen LogP contribution in [0, 0.1) is 0 Å². The summed E-state index contributed by atoms with van der Waals surface area (Å²) in [6.07, 6.45) is -1.46. The Bertz CT molecular complexity index is 173. The minimum Gasteiger partial charge on any atom is -0.465 e. The molecule has 5 nitrogen and oxygen atoms in total. The second-order valence-corrected chi connectivity index (χ2v) is 2.94. The van der Waals surface area contributed by atoms with E-state index in [4.69, 9.17) is 14.9 Å². The van der Waals surface area contributed by atoms with Crippen LogP contribution in [0.2, 0.25) is 0 Å². The molecule has 1 amide bonds. The maximum absolute atomic E-state index is 10.6.